The van der Waals surface area contributed by atoms with Crippen molar-refractivity contribution < 1.29 is 19.5 Å². The van der Waals surface area contributed by atoms with Crippen LogP contribution in [0.4, 0.5) is 0 Å². The van der Waals surface area contributed by atoms with Crippen LogP contribution in [0.2, 0.25) is 0 Å². The molecule has 1 aliphatic rings. The van der Waals surface area contributed by atoms with Crippen LogP contribution in [0.15, 0.2) is 0 Å². The van der Waals surface area contributed by atoms with Crippen molar-refractivity contribution in [2.45, 2.75) is 6.42 Å². The van der Waals surface area contributed by atoms with Gasteiger partial charge in [-0.15, -0.1) is 0 Å². The summed E-state index contributed by atoms with van der Waals surface area (Å²) in [5.74, 6) is -1.67. The van der Waals surface area contributed by atoms with Crippen LogP contribution in [0.3, 0.4) is 0 Å². The first-order valence-corrected chi connectivity index (χ1v) is 4.24. The van der Waals surface area contributed by atoms with Gasteiger partial charge in [-0.25, -0.2) is 0 Å². The molecule has 6 heteroatoms. The van der Waals surface area contributed by atoms with Crippen LogP contribution < -0.4 is 0 Å². The fourth-order valence-electron chi connectivity index (χ4n) is 1.28. The summed E-state index contributed by atoms with van der Waals surface area (Å²) in [4.78, 5) is 35.5. The molecule has 0 aromatic heterocycles. The molecule has 0 saturated carbocycles. The standard InChI is InChI=1S/C8H12N2O4/c1-9-4-6(11)10(7(12)5-9)3-2-8(13)14/h2-5H2,1H3,(H,13,14). The quantitative estimate of drug-likeness (QED) is 0.577. The van der Waals surface area contributed by atoms with Gasteiger partial charge < -0.3 is 5.11 Å². The Balaban J connectivity index is 2.54. The maximum atomic E-state index is 11.3. The van der Waals surface area contributed by atoms with Crippen LogP contribution >= 0.6 is 0 Å². The summed E-state index contributed by atoms with van der Waals surface area (Å²) in [6, 6.07) is 0. The van der Waals surface area contributed by atoms with Gasteiger partial charge in [-0.2, -0.15) is 0 Å². The second-order valence-corrected chi connectivity index (χ2v) is 3.26. The lowest BCUT2D eigenvalue weighted by atomic mass is 10.3. The van der Waals surface area contributed by atoms with Gasteiger partial charge in [0.05, 0.1) is 19.5 Å². The maximum Gasteiger partial charge on any atom is 0.305 e. The third-order valence-electron chi connectivity index (χ3n) is 1.96. The van der Waals surface area contributed by atoms with E-state index in [1.165, 1.54) is 0 Å². The summed E-state index contributed by atoms with van der Waals surface area (Å²) in [6.45, 7) is 0.317. The van der Waals surface area contributed by atoms with Crippen molar-refractivity contribution >= 4 is 17.8 Å². The van der Waals surface area contributed by atoms with Crippen LogP contribution in [0, 0.1) is 0 Å². The Morgan fingerprint density at radius 2 is 1.86 bits per heavy atom. The van der Waals surface area contributed by atoms with E-state index in [2.05, 4.69) is 0 Å². The van der Waals surface area contributed by atoms with E-state index < -0.39 is 5.97 Å². The Labute approximate surface area is 81.1 Å². The zero-order valence-corrected chi connectivity index (χ0v) is 7.89. The molecular formula is C8H12N2O4. The van der Waals surface area contributed by atoms with Crippen molar-refractivity contribution in [3.05, 3.63) is 0 Å². The minimum Gasteiger partial charge on any atom is -0.481 e. The third-order valence-corrected chi connectivity index (χ3v) is 1.96. The number of hydrogen-bond donors (Lipinski definition) is 1. The van der Waals surface area contributed by atoms with Crippen LogP contribution in [0.1, 0.15) is 6.42 Å². The van der Waals surface area contributed by atoms with Gasteiger partial charge in [0.15, 0.2) is 0 Å². The lowest BCUT2D eigenvalue weighted by Crippen LogP contribution is -2.53. The number of amides is 2. The zero-order chi connectivity index (χ0) is 10.7. The lowest BCUT2D eigenvalue weighted by Gasteiger charge is -2.29. The van der Waals surface area contributed by atoms with Gasteiger partial charge in [-0.05, 0) is 7.05 Å². The third kappa shape index (κ3) is 2.53. The molecule has 0 spiro atoms. The topological polar surface area (TPSA) is 77.9 Å². The minimum atomic E-state index is -1.01. The first-order valence-electron chi connectivity index (χ1n) is 4.24. The highest BCUT2D eigenvalue weighted by molar-refractivity contribution is 5.99. The van der Waals surface area contributed by atoms with E-state index in [0.29, 0.717) is 0 Å². The second-order valence-electron chi connectivity index (χ2n) is 3.26. The van der Waals surface area contributed by atoms with Crippen LogP contribution in [0.25, 0.3) is 0 Å². The Morgan fingerprint density at radius 3 is 2.29 bits per heavy atom. The summed E-state index contributed by atoms with van der Waals surface area (Å²) in [6.07, 6.45) is -0.193. The molecule has 1 rings (SSSR count). The number of aliphatic carboxylic acids is 1. The highest BCUT2D eigenvalue weighted by Crippen LogP contribution is 2.03. The number of piperazine rings is 1. The number of carbonyl (C=O) groups is 3. The van der Waals surface area contributed by atoms with Gasteiger partial charge >= 0.3 is 5.97 Å². The van der Waals surface area contributed by atoms with Crippen molar-refractivity contribution in [2.24, 2.45) is 0 Å². The average molecular weight is 200 g/mol. The summed E-state index contributed by atoms with van der Waals surface area (Å²) in [5.41, 5.74) is 0. The lowest BCUT2D eigenvalue weighted by molar-refractivity contribution is -0.151. The molecule has 1 aliphatic heterocycles. The van der Waals surface area contributed by atoms with Gasteiger partial charge in [0.25, 0.3) is 0 Å². The van der Waals surface area contributed by atoms with Crippen LogP contribution in [-0.4, -0.2) is 59.4 Å². The molecule has 0 aromatic rings. The van der Waals surface area contributed by atoms with Crippen molar-refractivity contribution in [1.29, 1.82) is 0 Å². The monoisotopic (exact) mass is 200 g/mol. The molecule has 0 bridgehead atoms. The molecule has 14 heavy (non-hydrogen) atoms. The highest BCUT2D eigenvalue weighted by atomic mass is 16.4. The number of carboxylic acids is 1. The van der Waals surface area contributed by atoms with Crippen molar-refractivity contribution in [3.63, 3.8) is 0 Å². The molecule has 1 saturated heterocycles. The van der Waals surface area contributed by atoms with E-state index in [0.717, 1.165) is 4.90 Å². The SMILES string of the molecule is CN1CC(=O)N(CCC(=O)O)C(=O)C1. The fraction of sp³-hybridized carbons (Fsp3) is 0.625. The number of carboxylic acid groups (broad SMARTS) is 1. The summed E-state index contributed by atoms with van der Waals surface area (Å²) in [7, 11) is 1.67. The molecule has 1 heterocycles. The number of likely N-dealkylation sites (N-methyl/N-ethyl adjacent to an activating group) is 1. The first kappa shape index (κ1) is 10.6. The van der Waals surface area contributed by atoms with E-state index in [4.69, 9.17) is 5.11 Å². The Bertz CT molecular complexity index is 259. The van der Waals surface area contributed by atoms with Gasteiger partial charge in [0.1, 0.15) is 0 Å². The zero-order valence-electron chi connectivity index (χ0n) is 7.89. The Hall–Kier alpha value is -1.43. The largest absolute Gasteiger partial charge is 0.481 e. The first-order chi connectivity index (χ1) is 6.50. The number of rotatable bonds is 3. The average Bonchev–Trinajstić information content (AvgIpc) is 2.01. The smallest absolute Gasteiger partial charge is 0.305 e. The molecule has 0 unspecified atom stereocenters. The second kappa shape index (κ2) is 4.19. The van der Waals surface area contributed by atoms with Gasteiger partial charge in [0, 0.05) is 6.54 Å². The minimum absolute atomic E-state index is 0.0269. The van der Waals surface area contributed by atoms with E-state index in [1.54, 1.807) is 11.9 Å². The predicted molar refractivity (Wildman–Crippen MR) is 46.5 cm³/mol. The van der Waals surface area contributed by atoms with Crippen LogP contribution in [0.5, 0.6) is 0 Å². The van der Waals surface area contributed by atoms with Crippen molar-refractivity contribution in [2.75, 3.05) is 26.7 Å². The molecule has 1 N–H and O–H groups in total. The van der Waals surface area contributed by atoms with E-state index >= 15 is 0 Å². The van der Waals surface area contributed by atoms with Gasteiger partial charge in [0.2, 0.25) is 11.8 Å². The molecule has 1 fully saturated rings. The molecule has 2 amide bonds. The van der Waals surface area contributed by atoms with Gasteiger partial charge in [-0.1, -0.05) is 0 Å². The maximum absolute atomic E-state index is 11.3. The number of nitrogens with zero attached hydrogens (tertiary/aromatic N) is 2. The molecule has 0 aliphatic carbocycles. The molecular weight excluding hydrogens is 188 g/mol. The number of hydrogen-bond acceptors (Lipinski definition) is 4. The van der Waals surface area contributed by atoms with Crippen molar-refractivity contribution in [1.82, 2.24) is 9.80 Å². The number of carbonyl (C=O) groups excluding carboxylic acids is 2. The molecule has 78 valence electrons. The summed E-state index contributed by atoms with van der Waals surface area (Å²) < 4.78 is 0. The van der Waals surface area contributed by atoms with E-state index in [-0.39, 0.29) is 37.9 Å². The van der Waals surface area contributed by atoms with E-state index in [9.17, 15) is 14.4 Å². The fourth-order valence-corrected chi connectivity index (χ4v) is 1.28. The molecule has 0 aromatic carbocycles. The molecule has 0 atom stereocenters. The predicted octanol–water partition coefficient (Wildman–Crippen LogP) is -1.24. The normalized spacial score (nSPS) is 18.8. The summed E-state index contributed by atoms with van der Waals surface area (Å²) >= 11 is 0. The highest BCUT2D eigenvalue weighted by Gasteiger charge is 2.28. The molecule has 0 radical (unpaired) electrons. The Morgan fingerprint density at radius 1 is 1.36 bits per heavy atom. The number of imide groups is 1. The van der Waals surface area contributed by atoms with Gasteiger partial charge in [-0.3, -0.25) is 24.2 Å². The van der Waals surface area contributed by atoms with Crippen molar-refractivity contribution in [3.8, 4) is 0 Å². The summed E-state index contributed by atoms with van der Waals surface area (Å²) in [5, 5.41) is 8.41. The Kier molecular flexibility index (Phi) is 3.19. The molecule has 6 nitrogen and oxygen atoms in total. The van der Waals surface area contributed by atoms with E-state index in [1.807, 2.05) is 0 Å². The van der Waals surface area contributed by atoms with Crippen LogP contribution in [-0.2, 0) is 14.4 Å².